The number of fused-ring (bicyclic) bond motifs is 2. The van der Waals surface area contributed by atoms with Crippen LogP contribution in [0, 0.1) is 5.92 Å². The van der Waals surface area contributed by atoms with Gasteiger partial charge in [-0.15, -0.1) is 0 Å². The van der Waals surface area contributed by atoms with Crippen molar-refractivity contribution in [2.45, 2.75) is 63.3 Å². The van der Waals surface area contributed by atoms with Crippen molar-refractivity contribution in [2.75, 3.05) is 4.90 Å². The molecule has 2 saturated carbocycles. The number of rotatable bonds is 7. The second kappa shape index (κ2) is 8.89. The largest absolute Gasteiger partial charge is 0.481 e. The Morgan fingerprint density at radius 3 is 2.33 bits per heavy atom. The van der Waals surface area contributed by atoms with Gasteiger partial charge in [0.15, 0.2) is 0 Å². The molecule has 0 aromatic heterocycles. The first-order valence-corrected chi connectivity index (χ1v) is 11.7. The number of para-hydroxylation sites is 1. The van der Waals surface area contributed by atoms with Crippen LogP contribution in [0.15, 0.2) is 54.6 Å². The van der Waals surface area contributed by atoms with Gasteiger partial charge < -0.3 is 14.7 Å². The molecule has 3 atom stereocenters. The summed E-state index contributed by atoms with van der Waals surface area (Å²) in [6.45, 7) is 0.209. The Bertz CT molecular complexity index is 1050. The zero-order chi connectivity index (χ0) is 22.9. The second-order valence-corrected chi connectivity index (χ2v) is 9.15. The summed E-state index contributed by atoms with van der Waals surface area (Å²) >= 11 is 0. The summed E-state index contributed by atoms with van der Waals surface area (Å²) in [6.07, 6.45) is 3.14. The van der Waals surface area contributed by atoms with E-state index < -0.39 is 5.97 Å². The molecule has 1 aliphatic heterocycles. The van der Waals surface area contributed by atoms with Crippen LogP contribution in [0.4, 0.5) is 10.5 Å². The van der Waals surface area contributed by atoms with Crippen molar-refractivity contribution in [3.8, 4) is 0 Å². The fraction of sp³-hybridized carbons (Fsp3) is 0.423. The fourth-order valence-electron chi connectivity index (χ4n) is 5.22. The molecule has 3 aliphatic rings. The van der Waals surface area contributed by atoms with Gasteiger partial charge in [-0.05, 0) is 42.9 Å². The number of anilines is 1. The third kappa shape index (κ3) is 4.19. The van der Waals surface area contributed by atoms with Gasteiger partial charge in [0.25, 0.3) is 0 Å². The van der Waals surface area contributed by atoms with Crippen LogP contribution < -0.4 is 4.90 Å². The molecule has 7 heteroatoms. The van der Waals surface area contributed by atoms with Crippen LogP contribution in [0.1, 0.15) is 55.7 Å². The van der Waals surface area contributed by atoms with Crippen LogP contribution in [0.2, 0.25) is 0 Å². The number of benzene rings is 2. The molecule has 0 spiro atoms. The van der Waals surface area contributed by atoms with Crippen LogP contribution >= 0.6 is 0 Å². The number of nitrogens with zero attached hydrogens (tertiary/aromatic N) is 2. The first-order valence-electron chi connectivity index (χ1n) is 11.7. The molecular weight excluding hydrogens is 420 g/mol. The second-order valence-electron chi connectivity index (χ2n) is 9.15. The highest BCUT2D eigenvalue weighted by Crippen LogP contribution is 2.54. The number of carbonyl (C=O) groups excluding carboxylic acids is 2. The average Bonchev–Trinajstić information content (AvgIpc) is 3.63. The fourth-order valence-corrected chi connectivity index (χ4v) is 5.22. The lowest BCUT2D eigenvalue weighted by Gasteiger charge is -2.54. The van der Waals surface area contributed by atoms with E-state index in [1.807, 2.05) is 59.5 Å². The number of carboxylic acid groups (broad SMARTS) is 1. The molecule has 2 aromatic carbocycles. The third-order valence-corrected chi connectivity index (χ3v) is 7.02. The van der Waals surface area contributed by atoms with E-state index in [1.54, 1.807) is 4.90 Å². The van der Waals surface area contributed by atoms with E-state index in [9.17, 15) is 14.4 Å². The van der Waals surface area contributed by atoms with Crippen molar-refractivity contribution in [2.24, 2.45) is 5.92 Å². The standard InChI is InChI=1S/C26H28N2O5/c29-23(14-15-24(30)31)27(18-10-11-18)25-19-8-4-5-9-21(19)28(22-13-12-20(22)25)26(32)33-16-17-6-2-1-3-7-17/h1-9,18,20,22,25H,10-16H2,(H,30,31)/t20-,22+,25-/m0/s1. The minimum absolute atomic E-state index is 0.00468. The minimum Gasteiger partial charge on any atom is -0.481 e. The summed E-state index contributed by atoms with van der Waals surface area (Å²) in [6, 6.07) is 17.4. The molecule has 2 aromatic rings. The Kier molecular flexibility index (Phi) is 5.79. The Labute approximate surface area is 192 Å². The third-order valence-electron chi connectivity index (χ3n) is 7.02. The predicted octanol–water partition coefficient (Wildman–Crippen LogP) is 4.52. The summed E-state index contributed by atoms with van der Waals surface area (Å²) in [7, 11) is 0. The van der Waals surface area contributed by atoms with Gasteiger partial charge in [-0.3, -0.25) is 14.5 Å². The molecule has 0 bridgehead atoms. The molecule has 2 amide bonds. The van der Waals surface area contributed by atoms with Crippen molar-refractivity contribution in [1.29, 1.82) is 0 Å². The number of hydrogen-bond donors (Lipinski definition) is 1. The molecule has 2 fully saturated rings. The molecule has 5 rings (SSSR count). The summed E-state index contributed by atoms with van der Waals surface area (Å²) in [4.78, 5) is 41.1. The molecule has 7 nitrogen and oxygen atoms in total. The molecule has 33 heavy (non-hydrogen) atoms. The van der Waals surface area contributed by atoms with Gasteiger partial charge in [-0.2, -0.15) is 0 Å². The summed E-state index contributed by atoms with van der Waals surface area (Å²) < 4.78 is 5.69. The van der Waals surface area contributed by atoms with E-state index in [0.29, 0.717) is 0 Å². The normalized spacial score (nSPS) is 23.0. The molecule has 1 heterocycles. The Balaban J connectivity index is 1.42. The first-order chi connectivity index (χ1) is 16.0. The molecule has 0 unspecified atom stereocenters. The van der Waals surface area contributed by atoms with E-state index in [2.05, 4.69) is 0 Å². The number of ether oxygens (including phenoxy) is 1. The van der Waals surface area contributed by atoms with E-state index in [0.717, 1.165) is 42.5 Å². The van der Waals surface area contributed by atoms with Gasteiger partial charge >= 0.3 is 12.1 Å². The highest BCUT2D eigenvalue weighted by atomic mass is 16.6. The SMILES string of the molecule is O=C(O)CCC(=O)N(C1CC1)[C@H]1c2ccccc2N(C(=O)OCc2ccccc2)[C@@H]2CC[C@@H]21. The number of aliphatic carboxylic acids is 1. The lowest BCUT2D eigenvalue weighted by molar-refractivity contribution is -0.143. The zero-order valence-electron chi connectivity index (χ0n) is 18.4. The van der Waals surface area contributed by atoms with Crippen LogP contribution in [0.5, 0.6) is 0 Å². The van der Waals surface area contributed by atoms with Crippen molar-refractivity contribution in [3.05, 3.63) is 65.7 Å². The number of carboxylic acids is 1. The maximum atomic E-state index is 13.2. The quantitative estimate of drug-likeness (QED) is 0.673. The molecule has 0 saturated heterocycles. The Morgan fingerprint density at radius 1 is 0.939 bits per heavy atom. The summed E-state index contributed by atoms with van der Waals surface area (Å²) in [5.41, 5.74) is 2.67. The van der Waals surface area contributed by atoms with E-state index in [-0.39, 0.29) is 55.5 Å². The van der Waals surface area contributed by atoms with Crippen LogP contribution in [-0.4, -0.2) is 40.1 Å². The summed E-state index contributed by atoms with van der Waals surface area (Å²) in [5, 5.41) is 9.07. The van der Waals surface area contributed by atoms with Gasteiger partial charge in [-0.25, -0.2) is 4.79 Å². The van der Waals surface area contributed by atoms with Crippen molar-refractivity contribution >= 4 is 23.7 Å². The van der Waals surface area contributed by atoms with Gasteiger partial charge in [0.1, 0.15) is 6.61 Å². The van der Waals surface area contributed by atoms with E-state index in [4.69, 9.17) is 9.84 Å². The Hall–Kier alpha value is -3.35. The number of hydrogen-bond acceptors (Lipinski definition) is 4. The molecule has 1 N–H and O–H groups in total. The monoisotopic (exact) mass is 448 g/mol. The predicted molar refractivity (Wildman–Crippen MR) is 122 cm³/mol. The van der Waals surface area contributed by atoms with Crippen molar-refractivity contribution in [1.82, 2.24) is 4.90 Å². The Morgan fingerprint density at radius 2 is 1.67 bits per heavy atom. The lowest BCUT2D eigenvalue weighted by atomic mass is 9.68. The van der Waals surface area contributed by atoms with Gasteiger partial charge in [0.2, 0.25) is 5.91 Å². The van der Waals surface area contributed by atoms with Crippen LogP contribution in [0.25, 0.3) is 0 Å². The molecule has 2 aliphatic carbocycles. The lowest BCUT2D eigenvalue weighted by Crippen LogP contribution is -2.59. The maximum Gasteiger partial charge on any atom is 0.414 e. The molecule has 172 valence electrons. The van der Waals surface area contributed by atoms with E-state index >= 15 is 0 Å². The topological polar surface area (TPSA) is 87.2 Å². The number of amides is 2. The van der Waals surface area contributed by atoms with Crippen LogP contribution in [-0.2, 0) is 20.9 Å². The van der Waals surface area contributed by atoms with E-state index in [1.165, 1.54) is 0 Å². The highest BCUT2D eigenvalue weighted by molar-refractivity contribution is 5.91. The van der Waals surface area contributed by atoms with Crippen LogP contribution in [0.3, 0.4) is 0 Å². The van der Waals surface area contributed by atoms with Gasteiger partial charge in [0, 0.05) is 24.4 Å². The first kappa shape index (κ1) is 21.5. The van der Waals surface area contributed by atoms with Gasteiger partial charge in [-0.1, -0.05) is 48.5 Å². The van der Waals surface area contributed by atoms with Crippen molar-refractivity contribution in [3.63, 3.8) is 0 Å². The maximum absolute atomic E-state index is 13.2. The summed E-state index contributed by atoms with van der Waals surface area (Å²) in [5.74, 6) is -0.944. The van der Waals surface area contributed by atoms with Crippen molar-refractivity contribution < 1.29 is 24.2 Å². The average molecular weight is 449 g/mol. The zero-order valence-corrected chi connectivity index (χ0v) is 18.4. The van der Waals surface area contributed by atoms with Gasteiger partial charge in [0.05, 0.1) is 18.2 Å². The molecular formula is C26H28N2O5. The minimum atomic E-state index is -0.961. The number of carbonyl (C=O) groups is 3. The highest BCUT2D eigenvalue weighted by Gasteiger charge is 2.53. The smallest absolute Gasteiger partial charge is 0.414 e. The molecule has 0 radical (unpaired) electrons.